The second kappa shape index (κ2) is 4.24. The lowest BCUT2D eigenvalue weighted by molar-refractivity contribution is 0.198. The van der Waals surface area contributed by atoms with Crippen LogP contribution in [0.5, 0.6) is 0 Å². The van der Waals surface area contributed by atoms with Gasteiger partial charge in [-0.05, 0) is 25.1 Å². The van der Waals surface area contributed by atoms with Gasteiger partial charge in [0.1, 0.15) is 0 Å². The standard InChI is InChI=1S/C10H15NO/c1-8(12)10-6-4-3-5-9(10)7-11-2/h3-6,8,11-12H,7H2,1-2H3. The fraction of sp³-hybridized carbons (Fsp3) is 0.400. The van der Waals surface area contributed by atoms with Gasteiger partial charge in [-0.1, -0.05) is 24.3 Å². The van der Waals surface area contributed by atoms with Crippen molar-refractivity contribution in [3.63, 3.8) is 0 Å². The first-order chi connectivity index (χ1) is 5.75. The Morgan fingerprint density at radius 3 is 2.67 bits per heavy atom. The molecular formula is C10H15NO. The first-order valence-electron chi connectivity index (χ1n) is 4.16. The fourth-order valence-electron chi connectivity index (χ4n) is 1.29. The molecule has 0 aliphatic carbocycles. The zero-order valence-electron chi connectivity index (χ0n) is 7.54. The second-order valence-corrected chi connectivity index (χ2v) is 2.91. The molecule has 0 bridgehead atoms. The van der Waals surface area contributed by atoms with E-state index in [0.29, 0.717) is 0 Å². The molecule has 12 heavy (non-hydrogen) atoms. The van der Waals surface area contributed by atoms with Crippen molar-refractivity contribution in [3.8, 4) is 0 Å². The van der Waals surface area contributed by atoms with E-state index in [1.165, 1.54) is 0 Å². The summed E-state index contributed by atoms with van der Waals surface area (Å²) in [4.78, 5) is 0. The van der Waals surface area contributed by atoms with Crippen molar-refractivity contribution >= 4 is 0 Å². The van der Waals surface area contributed by atoms with Crippen molar-refractivity contribution in [2.24, 2.45) is 0 Å². The van der Waals surface area contributed by atoms with Gasteiger partial charge < -0.3 is 10.4 Å². The molecule has 66 valence electrons. The number of aliphatic hydroxyl groups excluding tert-OH is 1. The van der Waals surface area contributed by atoms with E-state index in [0.717, 1.165) is 17.7 Å². The summed E-state index contributed by atoms with van der Waals surface area (Å²) in [6.45, 7) is 2.59. The maximum Gasteiger partial charge on any atom is 0.0765 e. The summed E-state index contributed by atoms with van der Waals surface area (Å²) in [7, 11) is 1.90. The summed E-state index contributed by atoms with van der Waals surface area (Å²) < 4.78 is 0. The van der Waals surface area contributed by atoms with Crippen molar-refractivity contribution in [1.82, 2.24) is 5.32 Å². The van der Waals surface area contributed by atoms with Gasteiger partial charge in [-0.2, -0.15) is 0 Å². The Hall–Kier alpha value is -0.860. The molecular weight excluding hydrogens is 150 g/mol. The third-order valence-electron chi connectivity index (χ3n) is 1.87. The molecule has 0 spiro atoms. The molecule has 0 saturated carbocycles. The topological polar surface area (TPSA) is 32.3 Å². The predicted octanol–water partition coefficient (Wildman–Crippen LogP) is 1.46. The van der Waals surface area contributed by atoms with E-state index < -0.39 is 0 Å². The third kappa shape index (κ3) is 2.06. The molecule has 2 nitrogen and oxygen atoms in total. The molecule has 0 aliphatic heterocycles. The minimum absolute atomic E-state index is 0.380. The third-order valence-corrected chi connectivity index (χ3v) is 1.87. The fourth-order valence-corrected chi connectivity index (χ4v) is 1.29. The van der Waals surface area contributed by atoms with Gasteiger partial charge >= 0.3 is 0 Å². The van der Waals surface area contributed by atoms with Gasteiger partial charge in [0.2, 0.25) is 0 Å². The summed E-state index contributed by atoms with van der Waals surface area (Å²) in [5.41, 5.74) is 2.17. The molecule has 0 aliphatic rings. The van der Waals surface area contributed by atoms with E-state index in [9.17, 15) is 5.11 Å². The predicted molar refractivity (Wildman–Crippen MR) is 49.8 cm³/mol. The maximum absolute atomic E-state index is 9.40. The monoisotopic (exact) mass is 165 g/mol. The molecule has 0 amide bonds. The van der Waals surface area contributed by atoms with Gasteiger partial charge in [-0.25, -0.2) is 0 Å². The number of nitrogens with one attached hydrogen (secondary N) is 1. The zero-order chi connectivity index (χ0) is 8.97. The number of aliphatic hydroxyl groups is 1. The van der Waals surface area contributed by atoms with E-state index in [2.05, 4.69) is 5.32 Å². The highest BCUT2D eigenvalue weighted by molar-refractivity contribution is 5.28. The van der Waals surface area contributed by atoms with Gasteiger partial charge in [0.05, 0.1) is 6.10 Å². The van der Waals surface area contributed by atoms with Crippen LogP contribution >= 0.6 is 0 Å². The van der Waals surface area contributed by atoms with Crippen LogP contribution in [0.25, 0.3) is 0 Å². The van der Waals surface area contributed by atoms with Gasteiger partial charge in [0.25, 0.3) is 0 Å². The smallest absolute Gasteiger partial charge is 0.0765 e. The Balaban J connectivity index is 2.92. The lowest BCUT2D eigenvalue weighted by Gasteiger charge is -2.10. The first kappa shape index (κ1) is 9.23. The Morgan fingerprint density at radius 2 is 2.08 bits per heavy atom. The number of rotatable bonds is 3. The van der Waals surface area contributed by atoms with Gasteiger partial charge in [-0.3, -0.25) is 0 Å². The van der Waals surface area contributed by atoms with E-state index in [-0.39, 0.29) is 6.10 Å². The Labute approximate surface area is 73.2 Å². The lowest BCUT2D eigenvalue weighted by atomic mass is 10.0. The first-order valence-corrected chi connectivity index (χ1v) is 4.16. The van der Waals surface area contributed by atoms with Crippen LogP contribution < -0.4 is 5.32 Å². The average Bonchev–Trinajstić information content (AvgIpc) is 2.05. The number of hydrogen-bond donors (Lipinski definition) is 2. The molecule has 1 aromatic carbocycles. The molecule has 2 N–H and O–H groups in total. The average molecular weight is 165 g/mol. The van der Waals surface area contributed by atoms with E-state index in [4.69, 9.17) is 0 Å². The normalized spacial score (nSPS) is 12.9. The molecule has 0 saturated heterocycles. The molecule has 1 atom stereocenters. The van der Waals surface area contributed by atoms with Gasteiger partial charge in [0, 0.05) is 6.54 Å². The van der Waals surface area contributed by atoms with E-state index >= 15 is 0 Å². The van der Waals surface area contributed by atoms with Crippen molar-refractivity contribution in [2.75, 3.05) is 7.05 Å². The van der Waals surface area contributed by atoms with Crippen LogP contribution in [-0.4, -0.2) is 12.2 Å². The molecule has 0 radical (unpaired) electrons. The summed E-state index contributed by atoms with van der Waals surface area (Å²) in [6.07, 6.45) is -0.380. The van der Waals surface area contributed by atoms with E-state index in [1.807, 2.05) is 31.3 Å². The Bertz CT molecular complexity index is 245. The van der Waals surface area contributed by atoms with Crippen LogP contribution in [0.4, 0.5) is 0 Å². The van der Waals surface area contributed by atoms with Crippen LogP contribution in [0.1, 0.15) is 24.2 Å². The summed E-state index contributed by atoms with van der Waals surface area (Å²) >= 11 is 0. The minimum Gasteiger partial charge on any atom is -0.389 e. The minimum atomic E-state index is -0.380. The Morgan fingerprint density at radius 1 is 1.42 bits per heavy atom. The highest BCUT2D eigenvalue weighted by Gasteiger charge is 2.04. The summed E-state index contributed by atoms with van der Waals surface area (Å²) in [5.74, 6) is 0. The van der Waals surface area contributed by atoms with Crippen LogP contribution in [0.2, 0.25) is 0 Å². The van der Waals surface area contributed by atoms with Crippen molar-refractivity contribution in [2.45, 2.75) is 19.6 Å². The molecule has 1 unspecified atom stereocenters. The van der Waals surface area contributed by atoms with Gasteiger partial charge in [0.15, 0.2) is 0 Å². The molecule has 1 rings (SSSR count). The van der Waals surface area contributed by atoms with Crippen LogP contribution in [0, 0.1) is 0 Å². The zero-order valence-corrected chi connectivity index (χ0v) is 7.54. The maximum atomic E-state index is 9.40. The quantitative estimate of drug-likeness (QED) is 0.710. The van der Waals surface area contributed by atoms with Gasteiger partial charge in [-0.15, -0.1) is 0 Å². The molecule has 0 heterocycles. The number of benzene rings is 1. The SMILES string of the molecule is CNCc1ccccc1C(C)O. The molecule has 1 aromatic rings. The summed E-state index contributed by atoms with van der Waals surface area (Å²) in [5, 5.41) is 12.5. The van der Waals surface area contributed by atoms with Crippen molar-refractivity contribution in [1.29, 1.82) is 0 Å². The summed E-state index contributed by atoms with van der Waals surface area (Å²) in [6, 6.07) is 7.91. The van der Waals surface area contributed by atoms with Crippen molar-refractivity contribution in [3.05, 3.63) is 35.4 Å². The van der Waals surface area contributed by atoms with Crippen molar-refractivity contribution < 1.29 is 5.11 Å². The molecule has 2 heteroatoms. The second-order valence-electron chi connectivity index (χ2n) is 2.91. The lowest BCUT2D eigenvalue weighted by Crippen LogP contribution is -2.08. The van der Waals surface area contributed by atoms with Crippen LogP contribution in [0.3, 0.4) is 0 Å². The largest absolute Gasteiger partial charge is 0.389 e. The number of hydrogen-bond acceptors (Lipinski definition) is 2. The Kier molecular flexibility index (Phi) is 3.26. The highest BCUT2D eigenvalue weighted by atomic mass is 16.3. The highest BCUT2D eigenvalue weighted by Crippen LogP contribution is 2.16. The molecule has 0 fully saturated rings. The van der Waals surface area contributed by atoms with Crippen LogP contribution in [-0.2, 0) is 6.54 Å². The van der Waals surface area contributed by atoms with E-state index in [1.54, 1.807) is 6.92 Å². The van der Waals surface area contributed by atoms with Crippen LogP contribution in [0.15, 0.2) is 24.3 Å². The molecule has 0 aromatic heterocycles.